The average Bonchev–Trinajstić information content (AvgIpc) is 2.97. The topological polar surface area (TPSA) is 78.9 Å². The summed E-state index contributed by atoms with van der Waals surface area (Å²) in [6.07, 6.45) is 0. The van der Waals surface area contributed by atoms with Crippen LogP contribution in [-0.4, -0.2) is 26.3 Å². The number of fused-ring (bicyclic) bond motifs is 2. The van der Waals surface area contributed by atoms with Crippen LogP contribution in [0.2, 0.25) is 0 Å². The third kappa shape index (κ3) is 1.91. The van der Waals surface area contributed by atoms with Gasteiger partial charge in [0.25, 0.3) is 0 Å². The van der Waals surface area contributed by atoms with Crippen molar-refractivity contribution >= 4 is 27.8 Å². The third-order valence-electron chi connectivity index (χ3n) is 3.65. The van der Waals surface area contributed by atoms with Crippen LogP contribution in [0.1, 0.15) is 10.4 Å². The van der Waals surface area contributed by atoms with E-state index in [-0.39, 0.29) is 5.56 Å². The first-order valence-electron chi connectivity index (χ1n) is 6.80. The second-order valence-electron chi connectivity index (χ2n) is 5.03. The van der Waals surface area contributed by atoms with Crippen molar-refractivity contribution in [1.82, 2.24) is 15.2 Å². The molecule has 5 heteroatoms. The largest absolute Gasteiger partial charge is 0.478 e. The van der Waals surface area contributed by atoms with E-state index in [0.717, 1.165) is 21.8 Å². The van der Waals surface area contributed by atoms with Crippen LogP contribution >= 0.6 is 0 Å². The number of aromatic carboxylic acids is 1. The molecule has 106 valence electrons. The lowest BCUT2D eigenvalue weighted by Crippen LogP contribution is -1.95. The molecule has 2 N–H and O–H groups in total. The number of aromatic amines is 1. The number of aromatic nitrogens is 3. The summed E-state index contributed by atoms with van der Waals surface area (Å²) < 4.78 is 0. The second kappa shape index (κ2) is 4.66. The van der Waals surface area contributed by atoms with Crippen LogP contribution in [0, 0.1) is 0 Å². The molecule has 0 aliphatic heterocycles. The molecule has 0 saturated heterocycles. The smallest absolute Gasteiger partial charge is 0.335 e. The minimum absolute atomic E-state index is 0.232. The molecule has 4 rings (SSSR count). The van der Waals surface area contributed by atoms with Gasteiger partial charge in [0.1, 0.15) is 5.69 Å². The highest BCUT2D eigenvalue weighted by Crippen LogP contribution is 2.27. The predicted octanol–water partition coefficient (Wildman–Crippen LogP) is 3.48. The van der Waals surface area contributed by atoms with Crippen LogP contribution in [0.5, 0.6) is 0 Å². The molecule has 4 aromatic rings. The van der Waals surface area contributed by atoms with Gasteiger partial charge in [-0.05, 0) is 30.3 Å². The lowest BCUT2D eigenvalue weighted by molar-refractivity contribution is 0.0697. The molecule has 22 heavy (non-hydrogen) atoms. The molecule has 2 heterocycles. The van der Waals surface area contributed by atoms with E-state index in [1.54, 1.807) is 18.2 Å². The van der Waals surface area contributed by atoms with Crippen molar-refractivity contribution in [2.45, 2.75) is 0 Å². The van der Waals surface area contributed by atoms with Gasteiger partial charge in [-0.1, -0.05) is 24.3 Å². The van der Waals surface area contributed by atoms with Crippen molar-refractivity contribution in [3.63, 3.8) is 0 Å². The minimum Gasteiger partial charge on any atom is -0.478 e. The van der Waals surface area contributed by atoms with Crippen molar-refractivity contribution in [2.24, 2.45) is 0 Å². The summed E-state index contributed by atoms with van der Waals surface area (Å²) in [4.78, 5) is 15.8. The van der Waals surface area contributed by atoms with Gasteiger partial charge in [0, 0.05) is 10.8 Å². The maximum absolute atomic E-state index is 11.1. The first kappa shape index (κ1) is 12.5. The molecule has 0 unspecified atom stereocenters. The molecule has 0 aliphatic rings. The highest BCUT2D eigenvalue weighted by atomic mass is 16.4. The van der Waals surface area contributed by atoms with Crippen molar-refractivity contribution in [3.8, 4) is 11.4 Å². The molecule has 0 radical (unpaired) electrons. The molecule has 0 amide bonds. The fourth-order valence-corrected chi connectivity index (χ4v) is 2.54. The van der Waals surface area contributed by atoms with Crippen LogP contribution in [0.3, 0.4) is 0 Å². The van der Waals surface area contributed by atoms with Crippen LogP contribution < -0.4 is 0 Å². The lowest BCUT2D eigenvalue weighted by atomic mass is 10.1. The summed E-state index contributed by atoms with van der Waals surface area (Å²) in [5, 5.41) is 18.2. The van der Waals surface area contributed by atoms with E-state index in [4.69, 9.17) is 5.11 Å². The normalized spacial score (nSPS) is 11.1. The van der Waals surface area contributed by atoms with Crippen LogP contribution in [0.15, 0.2) is 54.6 Å². The number of nitrogens with zero attached hydrogens (tertiary/aromatic N) is 2. The Morgan fingerprint density at radius 3 is 2.77 bits per heavy atom. The fraction of sp³-hybridized carbons (Fsp3) is 0. The first-order valence-corrected chi connectivity index (χ1v) is 6.80. The Hall–Kier alpha value is -3.21. The summed E-state index contributed by atoms with van der Waals surface area (Å²) in [5.74, 6) is -0.958. The molecule has 0 aliphatic carbocycles. The number of carboxylic acid groups (broad SMARTS) is 1. The molecule has 5 nitrogen and oxygen atoms in total. The van der Waals surface area contributed by atoms with Gasteiger partial charge in [0.15, 0.2) is 0 Å². The summed E-state index contributed by atoms with van der Waals surface area (Å²) in [6.45, 7) is 0. The molecule has 2 aromatic carbocycles. The number of carbonyl (C=O) groups is 1. The highest BCUT2D eigenvalue weighted by Gasteiger charge is 2.12. The zero-order valence-corrected chi connectivity index (χ0v) is 11.4. The van der Waals surface area contributed by atoms with E-state index >= 15 is 0 Å². The molecular formula is C17H11N3O2. The van der Waals surface area contributed by atoms with Gasteiger partial charge in [-0.2, -0.15) is 5.10 Å². The maximum Gasteiger partial charge on any atom is 0.335 e. The number of hydrogen-bond acceptors (Lipinski definition) is 3. The Bertz CT molecular complexity index is 1020. The lowest BCUT2D eigenvalue weighted by Gasteiger charge is -2.01. The van der Waals surface area contributed by atoms with E-state index in [2.05, 4.69) is 15.2 Å². The van der Waals surface area contributed by atoms with E-state index in [1.807, 2.05) is 36.4 Å². The number of para-hydroxylation sites is 1. The van der Waals surface area contributed by atoms with E-state index in [0.29, 0.717) is 11.4 Å². The Labute approximate surface area is 125 Å². The standard InChI is InChI=1S/C17H11N3O2/c21-17(22)11-6-7-14-12(9-11)16(20-19-14)15-8-5-10-3-1-2-4-13(10)18-15/h1-9H,(H,19,20)(H,21,22). The summed E-state index contributed by atoms with van der Waals surface area (Å²) in [7, 11) is 0. The van der Waals surface area contributed by atoms with Gasteiger partial charge < -0.3 is 5.11 Å². The molecule has 0 spiro atoms. The first-order chi connectivity index (χ1) is 10.7. The Kier molecular flexibility index (Phi) is 2.66. The summed E-state index contributed by atoms with van der Waals surface area (Å²) in [5.41, 5.74) is 3.27. The summed E-state index contributed by atoms with van der Waals surface area (Å²) in [6, 6.07) is 16.6. The summed E-state index contributed by atoms with van der Waals surface area (Å²) >= 11 is 0. The van der Waals surface area contributed by atoms with Crippen molar-refractivity contribution in [1.29, 1.82) is 0 Å². The van der Waals surface area contributed by atoms with Gasteiger partial charge in [-0.3, -0.25) is 5.10 Å². The van der Waals surface area contributed by atoms with Gasteiger partial charge in [0.2, 0.25) is 0 Å². The van der Waals surface area contributed by atoms with Gasteiger partial charge in [-0.15, -0.1) is 0 Å². The molecule has 0 saturated carbocycles. The Balaban J connectivity index is 1.95. The number of benzene rings is 2. The van der Waals surface area contributed by atoms with E-state index in [9.17, 15) is 4.79 Å². The minimum atomic E-state index is -0.958. The number of H-pyrrole nitrogens is 1. The number of hydrogen-bond donors (Lipinski definition) is 2. The Morgan fingerprint density at radius 2 is 1.91 bits per heavy atom. The van der Waals surface area contributed by atoms with Crippen molar-refractivity contribution in [3.05, 3.63) is 60.2 Å². The average molecular weight is 289 g/mol. The number of carboxylic acids is 1. The fourth-order valence-electron chi connectivity index (χ4n) is 2.54. The van der Waals surface area contributed by atoms with Gasteiger partial charge in [0.05, 0.1) is 22.3 Å². The SMILES string of the molecule is O=C(O)c1ccc2[nH]nc(-c3ccc4ccccc4n3)c2c1. The Morgan fingerprint density at radius 1 is 1.05 bits per heavy atom. The highest BCUT2D eigenvalue weighted by molar-refractivity contribution is 5.99. The molecular weight excluding hydrogens is 278 g/mol. The number of nitrogens with one attached hydrogen (secondary N) is 1. The van der Waals surface area contributed by atoms with Crippen molar-refractivity contribution < 1.29 is 9.90 Å². The number of rotatable bonds is 2. The van der Waals surface area contributed by atoms with Crippen LogP contribution in [0.4, 0.5) is 0 Å². The quantitative estimate of drug-likeness (QED) is 0.592. The molecule has 2 aromatic heterocycles. The van der Waals surface area contributed by atoms with E-state index < -0.39 is 5.97 Å². The molecule has 0 fully saturated rings. The molecule has 0 bridgehead atoms. The van der Waals surface area contributed by atoms with Crippen LogP contribution in [0.25, 0.3) is 33.2 Å². The van der Waals surface area contributed by atoms with Crippen molar-refractivity contribution in [2.75, 3.05) is 0 Å². The monoisotopic (exact) mass is 289 g/mol. The van der Waals surface area contributed by atoms with Crippen LogP contribution in [-0.2, 0) is 0 Å². The molecule has 0 atom stereocenters. The second-order valence-corrected chi connectivity index (χ2v) is 5.03. The van der Waals surface area contributed by atoms with Gasteiger partial charge >= 0.3 is 5.97 Å². The van der Waals surface area contributed by atoms with Gasteiger partial charge in [-0.25, -0.2) is 9.78 Å². The predicted molar refractivity (Wildman–Crippen MR) is 83.8 cm³/mol. The zero-order chi connectivity index (χ0) is 15.1. The third-order valence-corrected chi connectivity index (χ3v) is 3.65. The maximum atomic E-state index is 11.1. The zero-order valence-electron chi connectivity index (χ0n) is 11.4. The number of pyridine rings is 1. The van der Waals surface area contributed by atoms with E-state index in [1.165, 1.54) is 0 Å².